The van der Waals surface area contributed by atoms with Gasteiger partial charge in [0.1, 0.15) is 0 Å². The average molecular weight is 151 g/mol. The van der Waals surface area contributed by atoms with Gasteiger partial charge < -0.3 is 0 Å². The van der Waals surface area contributed by atoms with E-state index in [2.05, 4.69) is 6.29 Å². The summed E-state index contributed by atoms with van der Waals surface area (Å²) in [4.78, 5) is 10.6. The monoisotopic (exact) mass is 151 g/mol. The van der Waals surface area contributed by atoms with Crippen LogP contribution in [-0.4, -0.2) is 6.29 Å². The largest absolute Gasteiger partial charge is 0.291 e. The van der Waals surface area contributed by atoms with Crippen molar-refractivity contribution in [2.45, 2.75) is 38.5 Å². The molecule has 0 heterocycles. The molecule has 3 aliphatic rings. The molecule has 3 rings (SSSR count). The quantitative estimate of drug-likeness (QED) is 0.562. The molecule has 1 heteroatoms. The first-order valence-corrected chi connectivity index (χ1v) is 4.78. The second kappa shape index (κ2) is 2.96. The summed E-state index contributed by atoms with van der Waals surface area (Å²) in [6, 6.07) is 0. The minimum absolute atomic E-state index is 0.294. The summed E-state index contributed by atoms with van der Waals surface area (Å²) in [5.74, 6) is 1.94. The maximum atomic E-state index is 10.6. The third-order valence-electron chi connectivity index (χ3n) is 3.50. The molecule has 1 atom stereocenters. The zero-order valence-electron chi connectivity index (χ0n) is 6.88. The van der Waals surface area contributed by atoms with Crippen molar-refractivity contribution in [3.63, 3.8) is 0 Å². The smallest absolute Gasteiger partial charge is 0.202 e. The first-order valence-electron chi connectivity index (χ1n) is 4.78. The van der Waals surface area contributed by atoms with Gasteiger partial charge in [-0.25, -0.2) is 0 Å². The van der Waals surface area contributed by atoms with E-state index >= 15 is 0 Å². The van der Waals surface area contributed by atoms with Crippen molar-refractivity contribution in [3.8, 4) is 0 Å². The molecule has 0 spiro atoms. The van der Waals surface area contributed by atoms with Gasteiger partial charge in [-0.3, -0.25) is 4.79 Å². The molecule has 3 aliphatic carbocycles. The summed E-state index contributed by atoms with van der Waals surface area (Å²) in [6.07, 6.45) is 9.98. The van der Waals surface area contributed by atoms with Crippen molar-refractivity contribution in [3.05, 3.63) is 0 Å². The molecular weight excluding hydrogens is 136 g/mol. The lowest BCUT2D eigenvalue weighted by atomic mass is 9.81. The number of carbonyl (C=O) groups excluding carboxylic acids is 1. The minimum atomic E-state index is 0.294. The highest BCUT2D eigenvalue weighted by Crippen LogP contribution is 2.41. The van der Waals surface area contributed by atoms with Crippen LogP contribution < -0.4 is 0 Å². The van der Waals surface area contributed by atoms with Crippen LogP contribution in [0.15, 0.2) is 0 Å². The SMILES string of the molecule is O=[C]C1CCC2CCC1CC2. The maximum Gasteiger partial charge on any atom is 0.202 e. The predicted molar refractivity (Wildman–Crippen MR) is 43.9 cm³/mol. The third kappa shape index (κ3) is 1.33. The van der Waals surface area contributed by atoms with E-state index in [1.165, 1.54) is 32.1 Å². The molecule has 0 N–H and O–H groups in total. The zero-order valence-corrected chi connectivity index (χ0v) is 6.88. The van der Waals surface area contributed by atoms with E-state index in [0.717, 1.165) is 12.3 Å². The van der Waals surface area contributed by atoms with Crippen LogP contribution >= 0.6 is 0 Å². The zero-order chi connectivity index (χ0) is 7.68. The number of fused-ring (bicyclic) bond motifs is 4. The van der Waals surface area contributed by atoms with Crippen molar-refractivity contribution in [2.24, 2.45) is 17.8 Å². The van der Waals surface area contributed by atoms with Gasteiger partial charge in [0.2, 0.25) is 6.29 Å². The van der Waals surface area contributed by atoms with Gasteiger partial charge in [-0.1, -0.05) is 12.8 Å². The highest BCUT2D eigenvalue weighted by molar-refractivity contribution is 5.55. The van der Waals surface area contributed by atoms with Crippen LogP contribution in [0.3, 0.4) is 0 Å². The van der Waals surface area contributed by atoms with Gasteiger partial charge in [-0.2, -0.15) is 0 Å². The molecule has 3 saturated carbocycles. The standard InChI is InChI=1S/C10H15O/c11-7-10-6-3-8-1-4-9(10)5-2-8/h8-10H,1-6H2. The van der Waals surface area contributed by atoms with Crippen molar-refractivity contribution in [2.75, 3.05) is 0 Å². The maximum absolute atomic E-state index is 10.6. The lowest BCUT2D eigenvalue weighted by Crippen LogP contribution is -2.16. The van der Waals surface area contributed by atoms with Gasteiger partial charge >= 0.3 is 0 Å². The molecule has 1 radical (unpaired) electrons. The summed E-state index contributed by atoms with van der Waals surface area (Å²) in [5, 5.41) is 0. The molecule has 0 aromatic rings. The Bertz CT molecular complexity index is 145. The highest BCUT2D eigenvalue weighted by Gasteiger charge is 2.32. The summed E-state index contributed by atoms with van der Waals surface area (Å²) in [6.45, 7) is 0. The summed E-state index contributed by atoms with van der Waals surface area (Å²) < 4.78 is 0. The van der Waals surface area contributed by atoms with Crippen molar-refractivity contribution in [1.29, 1.82) is 0 Å². The van der Waals surface area contributed by atoms with E-state index in [-0.39, 0.29) is 0 Å². The Morgan fingerprint density at radius 2 is 1.55 bits per heavy atom. The lowest BCUT2D eigenvalue weighted by molar-refractivity contribution is 0.286. The van der Waals surface area contributed by atoms with Crippen LogP contribution in [0, 0.1) is 17.8 Å². The molecular formula is C10H15O. The second-order valence-electron chi connectivity index (χ2n) is 4.08. The Labute approximate surface area is 68.2 Å². The van der Waals surface area contributed by atoms with Crippen LogP contribution in [0.2, 0.25) is 0 Å². The third-order valence-corrected chi connectivity index (χ3v) is 3.50. The molecule has 2 bridgehead atoms. The fourth-order valence-corrected chi connectivity index (χ4v) is 2.69. The average Bonchev–Trinajstić information content (AvgIpc) is 2.36. The molecule has 1 nitrogen and oxygen atoms in total. The highest BCUT2D eigenvalue weighted by atomic mass is 16.1. The van der Waals surface area contributed by atoms with Gasteiger partial charge in [0.25, 0.3) is 0 Å². The van der Waals surface area contributed by atoms with E-state index in [1.54, 1.807) is 0 Å². The van der Waals surface area contributed by atoms with E-state index in [4.69, 9.17) is 0 Å². The van der Waals surface area contributed by atoms with Gasteiger partial charge in [0.15, 0.2) is 0 Å². The Morgan fingerprint density at radius 3 is 2.18 bits per heavy atom. The van der Waals surface area contributed by atoms with Gasteiger partial charge in [-0.15, -0.1) is 0 Å². The van der Waals surface area contributed by atoms with Gasteiger partial charge in [0.05, 0.1) is 0 Å². The van der Waals surface area contributed by atoms with Crippen LogP contribution in [0.1, 0.15) is 38.5 Å². The predicted octanol–water partition coefficient (Wildman–Crippen LogP) is 2.31. The minimum Gasteiger partial charge on any atom is -0.291 e. The molecule has 3 fully saturated rings. The van der Waals surface area contributed by atoms with Crippen molar-refractivity contribution in [1.82, 2.24) is 0 Å². The first kappa shape index (κ1) is 7.33. The summed E-state index contributed by atoms with van der Waals surface area (Å²) in [7, 11) is 0. The van der Waals surface area contributed by atoms with Crippen molar-refractivity contribution < 1.29 is 4.79 Å². The molecule has 0 aromatic heterocycles. The Hall–Kier alpha value is -0.330. The topological polar surface area (TPSA) is 17.1 Å². The van der Waals surface area contributed by atoms with Crippen LogP contribution in [0.5, 0.6) is 0 Å². The summed E-state index contributed by atoms with van der Waals surface area (Å²) in [5.41, 5.74) is 0. The van der Waals surface area contributed by atoms with Crippen molar-refractivity contribution >= 4 is 6.29 Å². The molecule has 0 saturated heterocycles. The molecule has 11 heavy (non-hydrogen) atoms. The van der Waals surface area contributed by atoms with E-state index in [0.29, 0.717) is 11.8 Å². The lowest BCUT2D eigenvalue weighted by Gasteiger charge is -2.24. The number of hydrogen-bond acceptors (Lipinski definition) is 1. The molecule has 0 aromatic carbocycles. The number of hydrogen-bond donors (Lipinski definition) is 0. The van der Waals surface area contributed by atoms with E-state index < -0.39 is 0 Å². The van der Waals surface area contributed by atoms with Crippen LogP contribution in [-0.2, 0) is 4.79 Å². The molecule has 61 valence electrons. The van der Waals surface area contributed by atoms with E-state index in [9.17, 15) is 4.79 Å². The van der Waals surface area contributed by atoms with Crippen LogP contribution in [0.4, 0.5) is 0 Å². The summed E-state index contributed by atoms with van der Waals surface area (Å²) >= 11 is 0. The Kier molecular flexibility index (Phi) is 1.97. The first-order chi connectivity index (χ1) is 5.40. The van der Waals surface area contributed by atoms with Gasteiger partial charge in [-0.05, 0) is 37.5 Å². The molecule has 0 aliphatic heterocycles. The molecule has 1 unspecified atom stereocenters. The van der Waals surface area contributed by atoms with E-state index in [1.807, 2.05) is 0 Å². The van der Waals surface area contributed by atoms with Gasteiger partial charge in [0, 0.05) is 5.92 Å². The Morgan fingerprint density at radius 1 is 0.909 bits per heavy atom. The molecule has 0 amide bonds. The normalized spacial score (nSPS) is 43.5. The van der Waals surface area contributed by atoms with Crippen LogP contribution in [0.25, 0.3) is 0 Å². The number of rotatable bonds is 1. The Balaban J connectivity index is 2.08. The fourth-order valence-electron chi connectivity index (χ4n) is 2.69. The second-order valence-corrected chi connectivity index (χ2v) is 4.08. The fraction of sp³-hybridized carbons (Fsp3) is 0.900.